The van der Waals surface area contributed by atoms with E-state index < -0.39 is 35.1 Å². The Morgan fingerprint density at radius 2 is 1.10 bits per heavy atom. The lowest BCUT2D eigenvalue weighted by Crippen LogP contribution is -2.44. The van der Waals surface area contributed by atoms with Crippen LogP contribution in [0.2, 0.25) is 10.0 Å². The maximum atomic E-state index is 13.4. The Hall–Kier alpha value is -6.61. The van der Waals surface area contributed by atoms with Crippen molar-refractivity contribution in [2.45, 2.75) is 72.6 Å². The first-order chi connectivity index (χ1) is 27.1. The van der Waals surface area contributed by atoms with E-state index in [4.69, 9.17) is 46.8 Å². The fourth-order valence-corrected chi connectivity index (χ4v) is 6.77. The van der Waals surface area contributed by atoms with Crippen LogP contribution >= 0.6 is 23.2 Å². The quantitative estimate of drug-likeness (QED) is 0.111. The second-order valence-corrected chi connectivity index (χ2v) is 15.6. The van der Waals surface area contributed by atoms with Crippen molar-refractivity contribution in [2.75, 3.05) is 30.7 Å². The van der Waals surface area contributed by atoms with Crippen LogP contribution in [0.4, 0.5) is 59.9 Å². The summed E-state index contributed by atoms with van der Waals surface area (Å²) in [4.78, 5) is 76.5. The molecule has 2 aliphatic heterocycles. The highest BCUT2D eigenvalue weighted by atomic mass is 35.5. The molecule has 0 bridgehead atoms. The second kappa shape index (κ2) is 16.1. The van der Waals surface area contributed by atoms with Gasteiger partial charge in [0.2, 0.25) is 0 Å². The van der Waals surface area contributed by atoms with E-state index in [1.54, 1.807) is 116 Å². The summed E-state index contributed by atoms with van der Waals surface area (Å²) in [6, 6.07) is 18.1. The molecule has 0 unspecified atom stereocenters. The highest BCUT2D eigenvalue weighted by Crippen LogP contribution is 2.41. The van der Waals surface area contributed by atoms with E-state index in [-0.39, 0.29) is 22.7 Å². The number of nitrogens with zero attached hydrogens (tertiary/aromatic N) is 6. The standard InChI is InChI=1S/C23H23ClN4O4.C19H17ClN4O2/c1-13(2)32-21(30)26-19-12-16(7-9-17(19)24)28-22(31)27(20(29)23(28,4)5)15-8-10-18(25-6)14(3)11-15;1-11-9-12(6-8-16(11)22-4)23-17(25)19(2,3)24(18(23)26)13-5-7-14(20)15(21)10-13/h7-13H,1-5H3,(H,26,30);5-10H,21H2,1-3H3. The van der Waals surface area contributed by atoms with Crippen LogP contribution in [0.5, 0.6) is 0 Å². The van der Waals surface area contributed by atoms with Crippen molar-refractivity contribution in [3.05, 3.63) is 117 Å². The molecule has 16 heteroatoms. The van der Waals surface area contributed by atoms with Crippen molar-refractivity contribution in [1.82, 2.24) is 0 Å². The number of anilines is 6. The van der Waals surface area contributed by atoms with E-state index in [0.717, 1.165) is 9.80 Å². The van der Waals surface area contributed by atoms with E-state index in [9.17, 15) is 24.0 Å². The number of hydrogen-bond acceptors (Lipinski definition) is 7. The van der Waals surface area contributed by atoms with Gasteiger partial charge in [-0.05, 0) is 127 Å². The highest BCUT2D eigenvalue weighted by molar-refractivity contribution is 6.35. The highest BCUT2D eigenvalue weighted by Gasteiger charge is 2.54. The average Bonchev–Trinajstić information content (AvgIpc) is 3.44. The van der Waals surface area contributed by atoms with E-state index in [1.807, 2.05) is 0 Å². The van der Waals surface area contributed by atoms with Gasteiger partial charge in [-0.3, -0.25) is 24.7 Å². The first kappa shape index (κ1) is 42.5. The molecule has 0 atom stereocenters. The maximum absolute atomic E-state index is 13.4. The number of urea groups is 2. The largest absolute Gasteiger partial charge is 0.447 e. The number of ether oxygens (including phenoxy) is 1. The first-order valence-electron chi connectivity index (χ1n) is 17.8. The van der Waals surface area contributed by atoms with Crippen LogP contribution in [0, 0.1) is 27.0 Å². The van der Waals surface area contributed by atoms with Crippen molar-refractivity contribution in [2.24, 2.45) is 0 Å². The molecule has 0 aromatic heterocycles. The lowest BCUT2D eigenvalue weighted by atomic mass is 10.0. The molecular formula is C42H40Cl2N8O6. The molecule has 298 valence electrons. The van der Waals surface area contributed by atoms with Gasteiger partial charge >= 0.3 is 18.2 Å². The smallest absolute Gasteiger partial charge is 0.411 e. The number of amides is 7. The lowest BCUT2D eigenvalue weighted by Gasteiger charge is -2.28. The Morgan fingerprint density at radius 3 is 1.50 bits per heavy atom. The number of aryl methyl sites for hydroxylation is 2. The third-order valence-electron chi connectivity index (χ3n) is 9.48. The van der Waals surface area contributed by atoms with E-state index in [0.29, 0.717) is 56.0 Å². The fraction of sp³-hybridized carbons (Fsp3) is 0.262. The Balaban J connectivity index is 0.000000226. The molecule has 0 spiro atoms. The van der Waals surface area contributed by atoms with Crippen molar-refractivity contribution in [3.63, 3.8) is 0 Å². The van der Waals surface area contributed by atoms with Gasteiger partial charge in [0.1, 0.15) is 11.1 Å². The van der Waals surface area contributed by atoms with Crippen LogP contribution in [-0.4, -0.2) is 47.2 Å². The first-order valence-corrected chi connectivity index (χ1v) is 18.6. The second-order valence-electron chi connectivity index (χ2n) is 14.7. The molecule has 58 heavy (non-hydrogen) atoms. The minimum absolute atomic E-state index is 0.251. The number of carbonyl (C=O) groups excluding carboxylic acids is 5. The zero-order chi connectivity index (χ0) is 43.0. The summed E-state index contributed by atoms with van der Waals surface area (Å²) in [6.45, 7) is 27.9. The molecule has 2 heterocycles. The fourth-order valence-electron chi connectivity index (χ4n) is 6.49. The number of nitrogen functional groups attached to an aromatic ring is 1. The van der Waals surface area contributed by atoms with Gasteiger partial charge in [0.25, 0.3) is 11.8 Å². The molecule has 3 N–H and O–H groups in total. The third kappa shape index (κ3) is 7.85. The van der Waals surface area contributed by atoms with E-state index in [2.05, 4.69) is 15.0 Å². The lowest BCUT2D eigenvalue weighted by molar-refractivity contribution is -0.121. The van der Waals surface area contributed by atoms with Gasteiger partial charge in [-0.1, -0.05) is 35.3 Å². The third-order valence-corrected chi connectivity index (χ3v) is 10.2. The van der Waals surface area contributed by atoms with Crippen molar-refractivity contribution in [3.8, 4) is 0 Å². The Labute approximate surface area is 346 Å². The van der Waals surface area contributed by atoms with Gasteiger partial charge in [0.05, 0.1) is 52.0 Å². The summed E-state index contributed by atoms with van der Waals surface area (Å²) in [5, 5.41) is 3.20. The zero-order valence-corrected chi connectivity index (χ0v) is 34.5. The minimum atomic E-state index is -1.20. The van der Waals surface area contributed by atoms with Crippen LogP contribution < -0.4 is 30.7 Å². The van der Waals surface area contributed by atoms with E-state index in [1.165, 1.54) is 21.9 Å². The van der Waals surface area contributed by atoms with Crippen LogP contribution in [0.1, 0.15) is 52.7 Å². The van der Waals surface area contributed by atoms with Crippen LogP contribution in [0.3, 0.4) is 0 Å². The van der Waals surface area contributed by atoms with Gasteiger partial charge in [-0.25, -0.2) is 33.9 Å². The number of imide groups is 2. The summed E-state index contributed by atoms with van der Waals surface area (Å²) in [5.74, 6) is -0.771. The van der Waals surface area contributed by atoms with Gasteiger partial charge in [-0.15, -0.1) is 0 Å². The van der Waals surface area contributed by atoms with Gasteiger partial charge in [0.15, 0.2) is 11.4 Å². The molecule has 4 aromatic rings. The Kier molecular flexibility index (Phi) is 11.8. The van der Waals surface area contributed by atoms with Gasteiger partial charge in [-0.2, -0.15) is 0 Å². The molecule has 14 nitrogen and oxygen atoms in total. The minimum Gasteiger partial charge on any atom is -0.447 e. The summed E-state index contributed by atoms with van der Waals surface area (Å²) in [6.07, 6.45) is -1.00. The van der Waals surface area contributed by atoms with Crippen LogP contribution in [0.15, 0.2) is 72.8 Å². The van der Waals surface area contributed by atoms with Crippen LogP contribution in [-0.2, 0) is 14.3 Å². The molecule has 2 fully saturated rings. The number of hydrogen-bond donors (Lipinski definition) is 2. The predicted molar refractivity (Wildman–Crippen MR) is 226 cm³/mol. The molecule has 0 radical (unpaired) electrons. The molecule has 4 aromatic carbocycles. The molecule has 7 amide bonds. The Morgan fingerprint density at radius 1 is 0.690 bits per heavy atom. The molecule has 0 saturated carbocycles. The number of benzene rings is 4. The summed E-state index contributed by atoms with van der Waals surface area (Å²) >= 11 is 12.2. The maximum Gasteiger partial charge on any atom is 0.411 e. The predicted octanol–water partition coefficient (Wildman–Crippen LogP) is 10.4. The summed E-state index contributed by atoms with van der Waals surface area (Å²) < 4.78 is 5.09. The molecule has 0 aliphatic carbocycles. The monoisotopic (exact) mass is 822 g/mol. The number of nitrogens with one attached hydrogen (secondary N) is 1. The van der Waals surface area contributed by atoms with Gasteiger partial charge in [0, 0.05) is 11.4 Å². The van der Waals surface area contributed by atoms with Gasteiger partial charge < -0.3 is 10.5 Å². The van der Waals surface area contributed by atoms with Crippen LogP contribution in [0.25, 0.3) is 9.69 Å². The molecule has 2 saturated heterocycles. The topological polar surface area (TPSA) is 154 Å². The normalized spacial score (nSPS) is 15.6. The molecule has 2 aliphatic rings. The van der Waals surface area contributed by atoms with Crippen molar-refractivity contribution in [1.29, 1.82) is 0 Å². The van der Waals surface area contributed by atoms with Crippen molar-refractivity contribution < 1.29 is 28.7 Å². The SMILES string of the molecule is [C-]#[N+]c1ccc(N2C(=O)N(c3ccc(Cl)c(N)c3)C(C)(C)C2=O)cc1C.[C-]#[N+]c1ccc(N2C(=O)N(c3ccc(Cl)c(NC(=O)OC(C)C)c3)C(C)(C)C2=O)cc1C. The Bertz CT molecular complexity index is 2470. The summed E-state index contributed by atoms with van der Waals surface area (Å²) in [5.41, 5.74) is 8.13. The molecular weight excluding hydrogens is 783 g/mol. The van der Waals surface area contributed by atoms with Crippen molar-refractivity contribution >= 4 is 98.7 Å². The zero-order valence-electron chi connectivity index (χ0n) is 33.0. The molecule has 6 rings (SSSR count). The average molecular weight is 824 g/mol. The number of carbonyl (C=O) groups is 5. The number of halogens is 2. The summed E-state index contributed by atoms with van der Waals surface area (Å²) in [7, 11) is 0. The van der Waals surface area contributed by atoms with E-state index >= 15 is 0 Å². The number of nitrogens with two attached hydrogens (primary N) is 1. The number of rotatable bonds is 6.